The molecule has 26 heavy (non-hydrogen) atoms. The summed E-state index contributed by atoms with van der Waals surface area (Å²) >= 11 is 0. The van der Waals surface area contributed by atoms with Gasteiger partial charge in [0.1, 0.15) is 0 Å². The molecule has 0 N–H and O–H groups in total. The molecule has 1 saturated heterocycles. The van der Waals surface area contributed by atoms with Crippen molar-refractivity contribution in [3.8, 4) is 0 Å². The molecule has 1 aliphatic heterocycles. The van der Waals surface area contributed by atoms with Gasteiger partial charge in [-0.3, -0.25) is 9.48 Å². The highest BCUT2D eigenvalue weighted by Gasteiger charge is 2.32. The maximum Gasteiger partial charge on any atom is 0.275 e. The summed E-state index contributed by atoms with van der Waals surface area (Å²) in [6.07, 6.45) is 4.39. The molecule has 1 atom stereocenters. The van der Waals surface area contributed by atoms with Gasteiger partial charge in [-0.05, 0) is 51.2 Å². The summed E-state index contributed by atoms with van der Waals surface area (Å²) < 4.78 is 1.93. The standard InChI is InChI=1S/C21H28N4O/c1-15-8-4-6-10-18(15)24-12-13-25(16(2)14-24)21(26)20-17-9-5-7-11-19(17)23(3)22-20/h4,6,8,10,16H,5,7,9,11-14H2,1-3H3/t16-/m0/s1. The SMILES string of the molecule is Cc1ccccc1N1CCN(C(=O)c2nn(C)c3c2CCCC3)[C@@H](C)C1. The smallest absolute Gasteiger partial charge is 0.275 e. The molecule has 0 saturated carbocycles. The van der Waals surface area contributed by atoms with Gasteiger partial charge in [0.25, 0.3) is 5.91 Å². The zero-order valence-electron chi connectivity index (χ0n) is 16.0. The van der Waals surface area contributed by atoms with E-state index < -0.39 is 0 Å². The van der Waals surface area contributed by atoms with Gasteiger partial charge >= 0.3 is 0 Å². The van der Waals surface area contributed by atoms with E-state index >= 15 is 0 Å². The quantitative estimate of drug-likeness (QED) is 0.834. The molecular formula is C21H28N4O. The number of fused-ring (bicyclic) bond motifs is 1. The Kier molecular flexibility index (Phi) is 4.47. The lowest BCUT2D eigenvalue weighted by molar-refractivity contribution is 0.0666. The Hall–Kier alpha value is -2.30. The number of piperazine rings is 1. The summed E-state index contributed by atoms with van der Waals surface area (Å²) in [6.45, 7) is 6.79. The number of anilines is 1. The number of carbonyl (C=O) groups excluding carboxylic acids is 1. The number of hydrogen-bond acceptors (Lipinski definition) is 3. The molecule has 1 amide bonds. The van der Waals surface area contributed by atoms with Crippen LogP contribution in [0.15, 0.2) is 24.3 Å². The van der Waals surface area contributed by atoms with E-state index in [-0.39, 0.29) is 11.9 Å². The van der Waals surface area contributed by atoms with E-state index in [0.29, 0.717) is 5.69 Å². The number of rotatable bonds is 2. The monoisotopic (exact) mass is 352 g/mol. The van der Waals surface area contributed by atoms with Crippen LogP contribution in [0.1, 0.15) is 47.1 Å². The first-order chi connectivity index (χ1) is 12.6. The van der Waals surface area contributed by atoms with Crippen LogP contribution in [-0.2, 0) is 19.9 Å². The lowest BCUT2D eigenvalue weighted by Gasteiger charge is -2.41. The van der Waals surface area contributed by atoms with Crippen LogP contribution in [0.4, 0.5) is 5.69 Å². The van der Waals surface area contributed by atoms with Gasteiger partial charge in [0.2, 0.25) is 0 Å². The van der Waals surface area contributed by atoms with E-state index in [1.54, 1.807) is 0 Å². The Balaban J connectivity index is 1.53. The van der Waals surface area contributed by atoms with Crippen molar-refractivity contribution in [3.63, 3.8) is 0 Å². The van der Waals surface area contributed by atoms with Crippen LogP contribution >= 0.6 is 0 Å². The average Bonchev–Trinajstić information content (AvgIpc) is 2.99. The number of aromatic nitrogens is 2. The summed E-state index contributed by atoms with van der Waals surface area (Å²) in [5.41, 5.74) is 5.71. The van der Waals surface area contributed by atoms with Gasteiger partial charge in [-0.15, -0.1) is 0 Å². The maximum absolute atomic E-state index is 13.2. The zero-order chi connectivity index (χ0) is 18.3. The number of benzene rings is 1. The lowest BCUT2D eigenvalue weighted by atomic mass is 9.95. The molecule has 2 heterocycles. The van der Waals surface area contributed by atoms with Gasteiger partial charge in [-0.25, -0.2) is 0 Å². The average molecular weight is 352 g/mol. The lowest BCUT2D eigenvalue weighted by Crippen LogP contribution is -2.54. The molecule has 1 aliphatic carbocycles. The van der Waals surface area contributed by atoms with Gasteiger partial charge in [0, 0.05) is 49.7 Å². The molecule has 138 valence electrons. The van der Waals surface area contributed by atoms with Gasteiger partial charge in [0.05, 0.1) is 0 Å². The van der Waals surface area contributed by atoms with Gasteiger partial charge in [-0.2, -0.15) is 5.10 Å². The van der Waals surface area contributed by atoms with Crippen molar-refractivity contribution < 1.29 is 4.79 Å². The highest BCUT2D eigenvalue weighted by Crippen LogP contribution is 2.27. The van der Waals surface area contributed by atoms with Crippen LogP contribution in [0.2, 0.25) is 0 Å². The molecule has 0 unspecified atom stereocenters. The highest BCUT2D eigenvalue weighted by molar-refractivity contribution is 5.94. The largest absolute Gasteiger partial charge is 0.367 e. The summed E-state index contributed by atoms with van der Waals surface area (Å²) in [6, 6.07) is 8.67. The molecule has 5 heteroatoms. The Morgan fingerprint density at radius 3 is 2.69 bits per heavy atom. The van der Waals surface area contributed by atoms with Crippen molar-refractivity contribution in [2.24, 2.45) is 7.05 Å². The summed E-state index contributed by atoms with van der Waals surface area (Å²) in [4.78, 5) is 17.7. The fourth-order valence-corrected chi connectivity index (χ4v) is 4.48. The van der Waals surface area contributed by atoms with Crippen molar-refractivity contribution in [3.05, 3.63) is 46.8 Å². The molecular weight excluding hydrogens is 324 g/mol. The van der Waals surface area contributed by atoms with Crippen LogP contribution in [0.25, 0.3) is 0 Å². The number of aryl methyl sites for hydroxylation is 2. The predicted molar refractivity (Wildman–Crippen MR) is 104 cm³/mol. The third kappa shape index (κ3) is 2.89. The van der Waals surface area contributed by atoms with E-state index in [9.17, 15) is 4.79 Å². The highest BCUT2D eigenvalue weighted by atomic mass is 16.2. The van der Waals surface area contributed by atoms with Crippen molar-refractivity contribution in [2.45, 2.75) is 45.6 Å². The Labute approximate surface area is 155 Å². The topological polar surface area (TPSA) is 41.4 Å². The van der Waals surface area contributed by atoms with Crippen LogP contribution in [0.5, 0.6) is 0 Å². The van der Waals surface area contributed by atoms with Crippen molar-refractivity contribution >= 4 is 11.6 Å². The molecule has 0 bridgehead atoms. The predicted octanol–water partition coefficient (Wildman–Crippen LogP) is 2.96. The molecule has 2 aliphatic rings. The summed E-state index contributed by atoms with van der Waals surface area (Å²) in [5.74, 6) is 0.112. The minimum Gasteiger partial charge on any atom is -0.367 e. The Morgan fingerprint density at radius 1 is 1.15 bits per heavy atom. The fraction of sp³-hybridized carbons (Fsp3) is 0.524. The first kappa shape index (κ1) is 17.1. The van der Waals surface area contributed by atoms with Crippen LogP contribution < -0.4 is 4.90 Å². The van der Waals surface area contributed by atoms with Crippen molar-refractivity contribution in [2.75, 3.05) is 24.5 Å². The molecule has 1 aromatic carbocycles. The number of carbonyl (C=O) groups is 1. The molecule has 4 rings (SSSR count). The summed E-state index contributed by atoms with van der Waals surface area (Å²) in [5, 5.41) is 4.60. The second kappa shape index (κ2) is 6.78. The number of hydrogen-bond donors (Lipinski definition) is 0. The van der Waals surface area contributed by atoms with Crippen LogP contribution in [-0.4, -0.2) is 46.3 Å². The van der Waals surface area contributed by atoms with E-state index in [1.165, 1.54) is 28.9 Å². The Bertz CT molecular complexity index is 825. The van der Waals surface area contributed by atoms with Gasteiger partial charge in [-0.1, -0.05) is 18.2 Å². The second-order valence-electron chi connectivity index (χ2n) is 7.68. The van der Waals surface area contributed by atoms with E-state index in [0.717, 1.165) is 38.9 Å². The third-order valence-corrected chi connectivity index (χ3v) is 5.91. The summed E-state index contributed by atoms with van der Waals surface area (Å²) in [7, 11) is 1.97. The molecule has 0 radical (unpaired) electrons. The molecule has 2 aromatic rings. The first-order valence-electron chi connectivity index (χ1n) is 9.72. The van der Waals surface area contributed by atoms with Crippen LogP contribution in [0.3, 0.4) is 0 Å². The van der Waals surface area contributed by atoms with Crippen molar-refractivity contribution in [1.29, 1.82) is 0 Å². The minimum absolute atomic E-state index is 0.112. The number of para-hydroxylation sites is 1. The maximum atomic E-state index is 13.2. The normalized spacial score (nSPS) is 20.2. The minimum atomic E-state index is 0.112. The van der Waals surface area contributed by atoms with Crippen molar-refractivity contribution in [1.82, 2.24) is 14.7 Å². The fourth-order valence-electron chi connectivity index (χ4n) is 4.48. The second-order valence-corrected chi connectivity index (χ2v) is 7.68. The zero-order valence-corrected chi connectivity index (χ0v) is 16.0. The van der Waals surface area contributed by atoms with Crippen LogP contribution in [0, 0.1) is 6.92 Å². The molecule has 1 aromatic heterocycles. The number of amides is 1. The molecule has 0 spiro atoms. The third-order valence-electron chi connectivity index (χ3n) is 5.91. The Morgan fingerprint density at radius 2 is 1.92 bits per heavy atom. The molecule has 1 fully saturated rings. The first-order valence-corrected chi connectivity index (χ1v) is 9.72. The van der Waals surface area contributed by atoms with E-state index in [2.05, 4.69) is 48.1 Å². The van der Waals surface area contributed by atoms with Gasteiger partial charge < -0.3 is 9.80 Å². The van der Waals surface area contributed by atoms with E-state index in [4.69, 9.17) is 0 Å². The van der Waals surface area contributed by atoms with E-state index in [1.807, 2.05) is 16.6 Å². The molecule has 5 nitrogen and oxygen atoms in total. The van der Waals surface area contributed by atoms with Gasteiger partial charge in [0.15, 0.2) is 5.69 Å². The number of nitrogens with zero attached hydrogens (tertiary/aromatic N) is 4.